The molecule has 14 heteroatoms. The normalized spacial score (nSPS) is 17.5. The SMILES string of the molecule is CC[C@H](NC(=O)[C@@H](NC(=O)[C@H](C)NC(=O)[C@@H](C)CC(=O)OC)C(C)C)/C(CCCc1ccccc1)=N/NC(=O)NCC1CCC(C(=O)NCc2ccc(C)cc2)CC1. The minimum absolute atomic E-state index is 0.0410. The molecular formula is C44H65N7O7. The first kappa shape index (κ1) is 47.1. The number of methoxy groups -OCH3 is 1. The van der Waals surface area contributed by atoms with Crippen LogP contribution in [0.15, 0.2) is 59.7 Å². The highest BCUT2D eigenvalue weighted by molar-refractivity contribution is 5.97. The van der Waals surface area contributed by atoms with E-state index in [4.69, 9.17) is 0 Å². The molecular weight excluding hydrogens is 739 g/mol. The van der Waals surface area contributed by atoms with Gasteiger partial charge < -0.3 is 31.3 Å². The molecule has 0 saturated heterocycles. The highest BCUT2D eigenvalue weighted by Gasteiger charge is 2.31. The van der Waals surface area contributed by atoms with E-state index in [1.807, 2.05) is 82.3 Å². The molecule has 0 unspecified atom stereocenters. The van der Waals surface area contributed by atoms with Gasteiger partial charge in [-0.2, -0.15) is 5.10 Å². The zero-order valence-corrected chi connectivity index (χ0v) is 35.3. The molecule has 0 radical (unpaired) electrons. The number of ether oxygens (including phenoxy) is 1. The molecule has 1 saturated carbocycles. The van der Waals surface area contributed by atoms with E-state index in [1.165, 1.54) is 19.6 Å². The number of hydrogen-bond acceptors (Lipinski definition) is 8. The molecule has 0 spiro atoms. The molecule has 2 aromatic rings. The van der Waals surface area contributed by atoms with Gasteiger partial charge >= 0.3 is 12.0 Å². The lowest BCUT2D eigenvalue weighted by molar-refractivity contribution is -0.144. The van der Waals surface area contributed by atoms with Gasteiger partial charge in [0.25, 0.3) is 0 Å². The van der Waals surface area contributed by atoms with Crippen LogP contribution in [0.2, 0.25) is 0 Å². The highest BCUT2D eigenvalue weighted by Crippen LogP contribution is 2.28. The summed E-state index contributed by atoms with van der Waals surface area (Å²) in [6, 6.07) is 15.3. The number of rotatable bonds is 21. The fourth-order valence-corrected chi connectivity index (χ4v) is 6.84. The van der Waals surface area contributed by atoms with Gasteiger partial charge in [-0.05, 0) is 88.2 Å². The second-order valence-electron chi connectivity index (χ2n) is 15.8. The number of amides is 6. The Kier molecular flexibility index (Phi) is 19.9. The van der Waals surface area contributed by atoms with Gasteiger partial charge in [0.15, 0.2) is 0 Å². The first-order valence-corrected chi connectivity index (χ1v) is 20.7. The summed E-state index contributed by atoms with van der Waals surface area (Å²) in [6.07, 6.45) is 5.51. The van der Waals surface area contributed by atoms with Crippen molar-refractivity contribution in [1.29, 1.82) is 0 Å². The van der Waals surface area contributed by atoms with Crippen molar-refractivity contribution in [3.63, 3.8) is 0 Å². The first-order valence-electron chi connectivity index (χ1n) is 20.7. The van der Waals surface area contributed by atoms with Crippen LogP contribution in [0.3, 0.4) is 0 Å². The number of nitrogens with zero attached hydrogens (tertiary/aromatic N) is 1. The molecule has 3 rings (SSSR count). The second kappa shape index (κ2) is 24.5. The molecule has 1 aliphatic carbocycles. The van der Waals surface area contributed by atoms with Crippen molar-refractivity contribution in [1.82, 2.24) is 32.0 Å². The average molecular weight is 804 g/mol. The quantitative estimate of drug-likeness (QED) is 0.0590. The lowest BCUT2D eigenvalue weighted by Gasteiger charge is -2.28. The molecule has 318 valence electrons. The van der Waals surface area contributed by atoms with Gasteiger partial charge in [0, 0.05) is 24.9 Å². The molecule has 4 atom stereocenters. The van der Waals surface area contributed by atoms with Crippen LogP contribution in [0.1, 0.15) is 103 Å². The summed E-state index contributed by atoms with van der Waals surface area (Å²) >= 11 is 0. The number of carbonyl (C=O) groups is 6. The van der Waals surface area contributed by atoms with E-state index in [-0.39, 0.29) is 30.1 Å². The fourth-order valence-electron chi connectivity index (χ4n) is 6.84. The molecule has 14 nitrogen and oxygen atoms in total. The number of benzene rings is 2. The molecule has 0 bridgehead atoms. The van der Waals surface area contributed by atoms with Crippen LogP contribution < -0.4 is 32.0 Å². The number of carbonyl (C=O) groups excluding carboxylic acids is 6. The Morgan fingerprint density at radius 1 is 0.793 bits per heavy atom. The molecule has 6 N–H and O–H groups in total. The Morgan fingerprint density at radius 2 is 1.47 bits per heavy atom. The van der Waals surface area contributed by atoms with Crippen LogP contribution in [-0.4, -0.2) is 73.1 Å². The monoisotopic (exact) mass is 803 g/mol. The Morgan fingerprint density at radius 3 is 2.09 bits per heavy atom. The maximum Gasteiger partial charge on any atom is 0.335 e. The molecule has 6 amide bonds. The van der Waals surface area contributed by atoms with Crippen LogP contribution >= 0.6 is 0 Å². The highest BCUT2D eigenvalue weighted by atomic mass is 16.5. The van der Waals surface area contributed by atoms with Crippen LogP contribution in [-0.2, 0) is 41.7 Å². The third kappa shape index (κ3) is 16.3. The van der Waals surface area contributed by atoms with Crippen LogP contribution in [0.4, 0.5) is 4.79 Å². The zero-order chi connectivity index (χ0) is 42.6. The number of esters is 1. The Labute approximate surface area is 343 Å². The Balaban J connectivity index is 1.58. The van der Waals surface area contributed by atoms with Crippen LogP contribution in [0.25, 0.3) is 0 Å². The lowest BCUT2D eigenvalue weighted by Crippen LogP contribution is -2.57. The van der Waals surface area contributed by atoms with Crippen molar-refractivity contribution < 1.29 is 33.5 Å². The van der Waals surface area contributed by atoms with E-state index in [0.29, 0.717) is 31.6 Å². The maximum atomic E-state index is 13.7. The molecule has 0 heterocycles. The Bertz CT molecular complexity index is 1670. The molecule has 1 fully saturated rings. The third-order valence-electron chi connectivity index (χ3n) is 10.7. The standard InChI is InChI=1S/C44H65N7O7/c1-8-36(48-43(56)39(28(2)3)49-41(54)31(6)47-40(53)30(5)25-38(52)58-7)37(16-12-15-32-13-10-9-11-14-32)50-51-44(57)46-27-34-21-23-35(24-22-34)42(55)45-26-33-19-17-29(4)18-20-33/h9-11,13-14,17-20,28,30-31,34-36,39H,8,12,15-16,21-27H2,1-7H3,(H,45,55)(H,47,53)(H,48,56)(H,49,54)(H2,46,51,57)/b50-37+/t30-,31-,34?,35?,36-,39-/m0/s1. The summed E-state index contributed by atoms with van der Waals surface area (Å²) in [5, 5.41) is 18.9. The van der Waals surface area contributed by atoms with Crippen molar-refractivity contribution in [2.45, 2.75) is 124 Å². The predicted molar refractivity (Wildman–Crippen MR) is 224 cm³/mol. The van der Waals surface area contributed by atoms with Crippen molar-refractivity contribution in [3.8, 4) is 0 Å². The topological polar surface area (TPSA) is 196 Å². The van der Waals surface area contributed by atoms with E-state index in [2.05, 4.69) is 41.8 Å². The van der Waals surface area contributed by atoms with E-state index in [9.17, 15) is 28.8 Å². The third-order valence-corrected chi connectivity index (χ3v) is 10.7. The van der Waals surface area contributed by atoms with Crippen molar-refractivity contribution in [2.75, 3.05) is 13.7 Å². The minimum atomic E-state index is -0.967. The summed E-state index contributed by atoms with van der Waals surface area (Å²) < 4.78 is 4.63. The average Bonchev–Trinajstić information content (AvgIpc) is 3.22. The Hall–Kier alpha value is -5.27. The summed E-state index contributed by atoms with van der Waals surface area (Å²) in [5.41, 5.74) is 6.65. The summed E-state index contributed by atoms with van der Waals surface area (Å²) in [7, 11) is 1.24. The number of hydrogen-bond donors (Lipinski definition) is 6. The molecule has 58 heavy (non-hydrogen) atoms. The smallest absolute Gasteiger partial charge is 0.335 e. The predicted octanol–water partition coefficient (Wildman–Crippen LogP) is 4.84. The van der Waals surface area contributed by atoms with Crippen molar-refractivity contribution in [3.05, 3.63) is 71.3 Å². The molecule has 0 aliphatic heterocycles. The van der Waals surface area contributed by atoms with E-state index in [1.54, 1.807) is 6.92 Å². The number of urea groups is 1. The summed E-state index contributed by atoms with van der Waals surface area (Å²) in [6.45, 7) is 11.6. The van der Waals surface area contributed by atoms with Gasteiger partial charge in [0.1, 0.15) is 12.1 Å². The van der Waals surface area contributed by atoms with Gasteiger partial charge in [0.2, 0.25) is 23.6 Å². The van der Waals surface area contributed by atoms with E-state index < -0.39 is 53.8 Å². The number of aryl methyl sites for hydroxylation is 2. The van der Waals surface area contributed by atoms with Gasteiger partial charge in [-0.15, -0.1) is 0 Å². The van der Waals surface area contributed by atoms with Crippen molar-refractivity contribution in [2.24, 2.45) is 28.8 Å². The second-order valence-corrected chi connectivity index (χ2v) is 15.8. The van der Waals surface area contributed by atoms with Gasteiger partial charge in [0.05, 0.1) is 25.3 Å². The minimum Gasteiger partial charge on any atom is -0.469 e. The van der Waals surface area contributed by atoms with E-state index in [0.717, 1.165) is 49.7 Å². The van der Waals surface area contributed by atoms with Gasteiger partial charge in [-0.25, -0.2) is 10.2 Å². The zero-order valence-electron chi connectivity index (χ0n) is 35.3. The fraction of sp³-hybridized carbons (Fsp3) is 0.568. The van der Waals surface area contributed by atoms with Gasteiger partial charge in [-0.3, -0.25) is 24.0 Å². The summed E-state index contributed by atoms with van der Waals surface area (Å²) in [4.78, 5) is 76.9. The number of nitrogens with one attached hydrogen (secondary N) is 6. The number of hydrazone groups is 1. The molecule has 0 aromatic heterocycles. The molecule has 2 aromatic carbocycles. The van der Waals surface area contributed by atoms with Crippen LogP contribution in [0, 0.1) is 30.6 Å². The van der Waals surface area contributed by atoms with Crippen LogP contribution in [0.5, 0.6) is 0 Å². The first-order chi connectivity index (χ1) is 27.7. The van der Waals surface area contributed by atoms with E-state index >= 15 is 0 Å². The van der Waals surface area contributed by atoms with Gasteiger partial charge in [-0.1, -0.05) is 87.9 Å². The largest absolute Gasteiger partial charge is 0.469 e. The lowest BCUT2D eigenvalue weighted by atomic mass is 9.81. The maximum absolute atomic E-state index is 13.7. The summed E-state index contributed by atoms with van der Waals surface area (Å²) in [5.74, 6) is -2.73. The van der Waals surface area contributed by atoms with Crippen molar-refractivity contribution >= 4 is 41.3 Å². The molecule has 1 aliphatic rings.